The van der Waals surface area contributed by atoms with Gasteiger partial charge in [-0.1, -0.05) is 5.21 Å². The molecule has 0 bridgehead atoms. The predicted octanol–water partition coefficient (Wildman–Crippen LogP) is 3.36. The van der Waals surface area contributed by atoms with Crippen molar-refractivity contribution in [3.63, 3.8) is 0 Å². The summed E-state index contributed by atoms with van der Waals surface area (Å²) in [4.78, 5) is 21.8. The van der Waals surface area contributed by atoms with E-state index in [1.807, 2.05) is 24.6 Å². The molecule has 1 aliphatic rings. The van der Waals surface area contributed by atoms with Gasteiger partial charge in [-0.25, -0.2) is 13.9 Å². The summed E-state index contributed by atoms with van der Waals surface area (Å²) in [5.74, 6) is -0.973. The maximum Gasteiger partial charge on any atom is 0.360 e. The van der Waals surface area contributed by atoms with Crippen LogP contribution in [0.2, 0.25) is 0 Å². The Bertz CT molecular complexity index is 1660. The summed E-state index contributed by atoms with van der Waals surface area (Å²) >= 11 is 0. The van der Waals surface area contributed by atoms with Gasteiger partial charge in [0.1, 0.15) is 22.4 Å². The van der Waals surface area contributed by atoms with Crippen molar-refractivity contribution in [2.75, 3.05) is 20.3 Å². The normalized spacial score (nSPS) is 15.4. The molecule has 1 unspecified atom stereocenters. The number of nitrogens with zero attached hydrogens (tertiary/aromatic N) is 8. The number of methoxy groups -OCH3 is 1. The molecule has 1 aliphatic heterocycles. The molecule has 11 nitrogen and oxygen atoms in total. The van der Waals surface area contributed by atoms with E-state index >= 15 is 4.39 Å². The number of halogens is 1. The maximum atomic E-state index is 15.5. The lowest BCUT2D eigenvalue weighted by molar-refractivity contribution is 0.0544. The topological polar surface area (TPSA) is 115 Å². The standard InChI is InChI=1S/C26H27FN8O3/c1-14-22(34(3)32-30-14)16-11-19-20(29-12-16)24-25(21(26(36)37-4)31-33(24)2)35(19)23(15-6-9-38-10-7-15)17-5-8-28-13-18(17)27/h5,8,11-13,15,23H,6-7,9-10H2,1-4H3. The molecule has 1 fully saturated rings. The largest absolute Gasteiger partial charge is 0.464 e. The lowest BCUT2D eigenvalue weighted by Gasteiger charge is -2.33. The second-order valence-electron chi connectivity index (χ2n) is 9.56. The van der Waals surface area contributed by atoms with Crippen molar-refractivity contribution in [2.24, 2.45) is 20.0 Å². The fourth-order valence-electron chi connectivity index (χ4n) is 5.72. The number of aromatic nitrogens is 8. The van der Waals surface area contributed by atoms with Gasteiger partial charge in [0.2, 0.25) is 0 Å². The SMILES string of the molecule is COC(=O)c1nn(C)c2c3ncc(-c4c(C)nnn4C)cc3n(C(c3ccncc3F)C3CCOCC3)c12. The highest BCUT2D eigenvalue weighted by molar-refractivity contribution is 6.11. The number of ether oxygens (including phenoxy) is 2. The number of carbonyl (C=O) groups excluding carboxylic acids is 1. The fraction of sp³-hybridized carbons (Fsp3) is 0.385. The van der Waals surface area contributed by atoms with Gasteiger partial charge in [-0.05, 0) is 37.8 Å². The molecule has 12 heteroatoms. The van der Waals surface area contributed by atoms with E-state index in [-0.39, 0.29) is 11.6 Å². The van der Waals surface area contributed by atoms with Gasteiger partial charge in [0, 0.05) is 50.8 Å². The Morgan fingerprint density at radius 2 is 1.97 bits per heavy atom. The van der Waals surface area contributed by atoms with Crippen LogP contribution in [0.1, 0.15) is 40.6 Å². The molecule has 6 rings (SSSR count). The van der Waals surface area contributed by atoms with Gasteiger partial charge < -0.3 is 14.0 Å². The number of pyridine rings is 2. The minimum atomic E-state index is -0.576. The fourth-order valence-corrected chi connectivity index (χ4v) is 5.72. The van der Waals surface area contributed by atoms with Gasteiger partial charge in [-0.15, -0.1) is 5.10 Å². The molecule has 0 N–H and O–H groups in total. The van der Waals surface area contributed by atoms with E-state index in [1.54, 1.807) is 34.9 Å². The van der Waals surface area contributed by atoms with Crippen LogP contribution in [0.3, 0.4) is 0 Å². The van der Waals surface area contributed by atoms with Gasteiger partial charge >= 0.3 is 5.97 Å². The van der Waals surface area contributed by atoms with Crippen molar-refractivity contribution in [1.29, 1.82) is 0 Å². The molecule has 1 atom stereocenters. The van der Waals surface area contributed by atoms with Gasteiger partial charge in [0.25, 0.3) is 0 Å². The molecule has 0 radical (unpaired) electrons. The van der Waals surface area contributed by atoms with Gasteiger partial charge in [0.15, 0.2) is 5.69 Å². The quantitative estimate of drug-likeness (QED) is 0.325. The van der Waals surface area contributed by atoms with Crippen LogP contribution in [-0.4, -0.2) is 65.6 Å². The number of esters is 1. The van der Waals surface area contributed by atoms with Crippen molar-refractivity contribution in [1.82, 2.24) is 39.3 Å². The van der Waals surface area contributed by atoms with E-state index < -0.39 is 17.8 Å². The number of carbonyl (C=O) groups is 1. The van der Waals surface area contributed by atoms with Crippen molar-refractivity contribution in [2.45, 2.75) is 25.8 Å². The van der Waals surface area contributed by atoms with E-state index in [4.69, 9.17) is 14.5 Å². The first-order valence-corrected chi connectivity index (χ1v) is 12.4. The van der Waals surface area contributed by atoms with Gasteiger partial charge in [-0.3, -0.25) is 14.6 Å². The molecule has 0 spiro atoms. The van der Waals surface area contributed by atoms with E-state index in [9.17, 15) is 4.79 Å². The van der Waals surface area contributed by atoms with E-state index in [1.165, 1.54) is 13.3 Å². The first kappa shape index (κ1) is 24.2. The Morgan fingerprint density at radius 1 is 1.18 bits per heavy atom. The third-order valence-electron chi connectivity index (χ3n) is 7.38. The van der Waals surface area contributed by atoms with Gasteiger partial charge in [0.05, 0.1) is 36.3 Å². The Hall–Kier alpha value is -4.19. The van der Waals surface area contributed by atoms with Crippen LogP contribution in [-0.2, 0) is 23.6 Å². The average Bonchev–Trinajstić information content (AvgIpc) is 3.56. The highest BCUT2D eigenvalue weighted by Gasteiger charge is 2.35. The average molecular weight is 519 g/mol. The second-order valence-corrected chi connectivity index (χ2v) is 9.56. The summed E-state index contributed by atoms with van der Waals surface area (Å²) in [5.41, 5.74) is 5.61. The van der Waals surface area contributed by atoms with Crippen molar-refractivity contribution >= 4 is 28.0 Å². The zero-order chi connectivity index (χ0) is 26.6. The maximum absolute atomic E-state index is 15.5. The van der Waals surface area contributed by atoms with Crippen LogP contribution in [0, 0.1) is 18.7 Å². The summed E-state index contributed by atoms with van der Waals surface area (Å²) in [6.07, 6.45) is 6.02. The second kappa shape index (κ2) is 9.28. The molecule has 0 saturated carbocycles. The van der Waals surface area contributed by atoms with Crippen molar-refractivity contribution < 1.29 is 18.7 Å². The van der Waals surface area contributed by atoms with Crippen LogP contribution < -0.4 is 0 Å². The summed E-state index contributed by atoms with van der Waals surface area (Å²) in [6.45, 7) is 3.02. The van der Waals surface area contributed by atoms with E-state index in [0.717, 1.165) is 35.3 Å². The minimum absolute atomic E-state index is 0.0221. The molecule has 5 aromatic rings. The first-order valence-electron chi connectivity index (χ1n) is 12.4. The molecule has 0 aliphatic carbocycles. The van der Waals surface area contributed by atoms with E-state index in [2.05, 4.69) is 20.4 Å². The Kier molecular flexibility index (Phi) is 5.90. The molecule has 38 heavy (non-hydrogen) atoms. The molecular weight excluding hydrogens is 491 g/mol. The Balaban J connectivity index is 1.74. The molecule has 1 saturated heterocycles. The molecule has 0 amide bonds. The van der Waals surface area contributed by atoms with E-state index in [0.29, 0.717) is 35.3 Å². The molecule has 196 valence electrons. The lowest BCUT2D eigenvalue weighted by Crippen LogP contribution is -2.28. The number of hydrogen-bond acceptors (Lipinski definition) is 8. The molecule has 0 aromatic carbocycles. The summed E-state index contributed by atoms with van der Waals surface area (Å²) in [7, 11) is 4.91. The minimum Gasteiger partial charge on any atom is -0.464 e. The number of aryl methyl sites for hydroxylation is 3. The van der Waals surface area contributed by atoms with Crippen LogP contribution in [0.25, 0.3) is 33.3 Å². The zero-order valence-electron chi connectivity index (χ0n) is 21.6. The monoisotopic (exact) mass is 518 g/mol. The number of fused-ring (bicyclic) bond motifs is 3. The summed E-state index contributed by atoms with van der Waals surface area (Å²) in [6, 6.07) is 3.23. The highest BCUT2D eigenvalue weighted by atomic mass is 19.1. The molecule has 6 heterocycles. The third kappa shape index (κ3) is 3.66. The van der Waals surface area contributed by atoms with Crippen LogP contribution in [0.5, 0.6) is 0 Å². The Morgan fingerprint density at radius 3 is 2.66 bits per heavy atom. The molecule has 5 aromatic heterocycles. The number of hydrogen-bond donors (Lipinski definition) is 0. The summed E-state index contributed by atoms with van der Waals surface area (Å²) < 4.78 is 31.6. The lowest BCUT2D eigenvalue weighted by atomic mass is 9.86. The third-order valence-corrected chi connectivity index (χ3v) is 7.38. The first-order chi connectivity index (χ1) is 18.4. The summed E-state index contributed by atoms with van der Waals surface area (Å²) in [5, 5.41) is 12.8. The van der Waals surface area contributed by atoms with Gasteiger partial charge in [-0.2, -0.15) is 5.10 Å². The van der Waals surface area contributed by atoms with Crippen molar-refractivity contribution in [3.05, 3.63) is 53.5 Å². The van der Waals surface area contributed by atoms with Crippen LogP contribution in [0.4, 0.5) is 4.39 Å². The smallest absolute Gasteiger partial charge is 0.360 e. The Labute approximate surface area is 217 Å². The number of rotatable bonds is 5. The molecular formula is C26H27FN8O3. The zero-order valence-corrected chi connectivity index (χ0v) is 21.6. The highest BCUT2D eigenvalue weighted by Crippen LogP contribution is 2.42. The van der Waals surface area contributed by atoms with Crippen LogP contribution >= 0.6 is 0 Å². The predicted molar refractivity (Wildman–Crippen MR) is 136 cm³/mol. The van der Waals surface area contributed by atoms with Crippen LogP contribution in [0.15, 0.2) is 30.7 Å². The van der Waals surface area contributed by atoms with Crippen molar-refractivity contribution in [3.8, 4) is 11.3 Å².